The summed E-state index contributed by atoms with van der Waals surface area (Å²) in [6.45, 7) is -15.9. The van der Waals surface area contributed by atoms with Crippen LogP contribution in [0.2, 0.25) is 0 Å². The average Bonchev–Trinajstić information content (AvgIpc) is 1.49. The minimum absolute atomic E-state index is 0.483. The fourth-order valence-corrected chi connectivity index (χ4v) is 12.9. The lowest BCUT2D eigenvalue weighted by molar-refractivity contribution is 0.662. The van der Waals surface area contributed by atoms with E-state index in [0.29, 0.717) is 0 Å². The molecular formula is C96H64O2. The minimum atomic E-state index is -4.00. The lowest BCUT2D eigenvalue weighted by atomic mass is 9.77. The Morgan fingerprint density at radius 3 is 0.959 bits per heavy atom. The van der Waals surface area contributed by atoms with E-state index >= 15 is 0 Å². The Morgan fingerprint density at radius 2 is 0.531 bits per heavy atom. The Bertz CT molecular complexity index is 10200. The Balaban J connectivity index is 0.000000194. The van der Waals surface area contributed by atoms with Crippen LogP contribution in [0.5, 0.6) is 0 Å². The molecule has 0 aliphatic heterocycles. The van der Waals surface area contributed by atoms with Gasteiger partial charge in [-0.25, -0.2) is 0 Å². The predicted molar refractivity (Wildman–Crippen MR) is 415 cm³/mol. The van der Waals surface area contributed by atoms with E-state index in [2.05, 4.69) is 0 Å². The second-order valence-electron chi connectivity index (χ2n) is 22.3. The van der Waals surface area contributed by atoms with Crippen LogP contribution in [0.15, 0.2) is 323 Å². The molecule has 98 heavy (non-hydrogen) atoms. The molecule has 0 N–H and O–H groups in total. The van der Waals surface area contributed by atoms with E-state index in [4.69, 9.17) is 63.7 Å². The Kier molecular flexibility index (Phi) is 4.70. The molecule has 2 aliphatic rings. The van der Waals surface area contributed by atoms with Crippen LogP contribution >= 0.6 is 0 Å². The summed E-state index contributed by atoms with van der Waals surface area (Å²) >= 11 is 0. The van der Waals surface area contributed by atoms with E-state index in [1.165, 1.54) is 0 Å². The third-order valence-corrected chi connectivity index (χ3v) is 17.0. The molecule has 2 heterocycles. The third-order valence-electron chi connectivity index (χ3n) is 17.0. The van der Waals surface area contributed by atoms with Crippen molar-refractivity contribution in [2.24, 2.45) is 0 Å². The highest BCUT2D eigenvalue weighted by molar-refractivity contribution is 6.25. The van der Waals surface area contributed by atoms with Crippen molar-refractivity contribution < 1.29 is 96.6 Å². The SMILES string of the molecule is [2H]c1c([2H])c([2H])c2c(c1[2H])-c1c([2H])c([2H])c([2H])c(-c3c([2H])c([2H])c(-c4c5c([2H])c([2H])c([2H])c([2H])c5c(-c5c([2H])c([2H])c6oc7c([2H])c8c([2H])c([2H])c([2H])c([2H])c8c([2H])c7c6c5[2H])c5c([2H])c([2H])c([2H])c([2H])c45)c([2H])c3[2H])c1C2(C([2H])([2H])[2H])C([2H])([2H])[2H].[2H]c1c([2H])c([2H])c2c(c1[2H])-c1c([2H])c([2H])c([2H])c(-c3c4c([2H])c([2H])c([2H])c([2H])c4c(-c4c([2H])c([2H])c5oc6c([2H])c7c([2H])c([2H])c([2H])c([2H])c7c([2H])c6c5c4[2H])c4c([2H])c([2H])c([2H])c([2H])c34)c1C2(C([2H])([2H])[2H])C([2H])([2H])[2H]. The Morgan fingerprint density at radius 1 is 0.224 bits per heavy atom. The van der Waals surface area contributed by atoms with Gasteiger partial charge in [0, 0.05) is 48.8 Å². The molecule has 21 rings (SSSR count). The van der Waals surface area contributed by atoms with Crippen molar-refractivity contribution in [3.8, 4) is 77.9 Å². The zero-order valence-electron chi connectivity index (χ0n) is 113. The summed E-state index contributed by atoms with van der Waals surface area (Å²) in [7, 11) is 0. The lowest BCUT2D eigenvalue weighted by Crippen LogP contribution is -2.16. The van der Waals surface area contributed by atoms with Gasteiger partial charge in [-0.3, -0.25) is 0 Å². The van der Waals surface area contributed by atoms with Crippen molar-refractivity contribution in [1.82, 2.24) is 0 Å². The topological polar surface area (TPSA) is 26.3 Å². The second-order valence-corrected chi connectivity index (χ2v) is 22.3. The molecule has 2 nitrogen and oxygen atoms in total. The van der Waals surface area contributed by atoms with Gasteiger partial charge in [0.2, 0.25) is 0 Å². The molecule has 2 aliphatic carbocycles. The lowest BCUT2D eigenvalue weighted by Gasteiger charge is -2.26. The summed E-state index contributed by atoms with van der Waals surface area (Å²) in [6.07, 6.45) is 0. The van der Waals surface area contributed by atoms with Gasteiger partial charge in [-0.1, -0.05) is 293 Å². The van der Waals surface area contributed by atoms with Crippen molar-refractivity contribution in [2.75, 3.05) is 0 Å². The number of fused-ring (bicyclic) bond motifs is 18. The zero-order valence-corrected chi connectivity index (χ0v) is 48.8. The van der Waals surface area contributed by atoms with Gasteiger partial charge in [-0.2, -0.15) is 0 Å². The molecule has 0 saturated carbocycles. The van der Waals surface area contributed by atoms with Crippen LogP contribution in [-0.2, 0) is 10.8 Å². The summed E-state index contributed by atoms with van der Waals surface area (Å²) in [4.78, 5) is 0. The van der Waals surface area contributed by atoms with E-state index in [-0.39, 0.29) is 0 Å². The molecule has 0 amide bonds. The van der Waals surface area contributed by atoms with Gasteiger partial charge in [0.25, 0.3) is 0 Å². The highest BCUT2D eigenvalue weighted by atomic mass is 16.3. The normalized spacial score (nSPS) is 23.2. The first kappa shape index (κ1) is 21.7. The van der Waals surface area contributed by atoms with Gasteiger partial charge in [-0.05, 0) is 213 Å². The first-order chi connectivity index (χ1) is 74.8. The number of rotatable bonds is 5. The van der Waals surface area contributed by atoms with E-state index in [1.54, 1.807) is 0 Å². The van der Waals surface area contributed by atoms with E-state index < -0.39 is 561 Å². The molecule has 17 aromatic carbocycles. The predicted octanol–water partition coefficient (Wildman–Crippen LogP) is 27.0. The molecule has 0 bridgehead atoms. The van der Waals surface area contributed by atoms with Crippen molar-refractivity contribution in [3.05, 3.63) is 336 Å². The Hall–Kier alpha value is -12.1. The Labute approximate surface area is 657 Å². The van der Waals surface area contributed by atoms with Crippen molar-refractivity contribution in [1.29, 1.82) is 0 Å². The maximum absolute atomic E-state index is 9.89. The number of hydrogen-bond donors (Lipinski definition) is 0. The smallest absolute Gasteiger partial charge is 0.136 e. The summed E-state index contributed by atoms with van der Waals surface area (Å²) in [5.41, 5.74) is -28.0. The van der Waals surface area contributed by atoms with Crippen LogP contribution in [0, 0.1) is 0 Å². The van der Waals surface area contributed by atoms with Gasteiger partial charge in [0.1, 0.15) is 22.3 Å². The molecule has 0 unspecified atom stereocenters. The molecule has 0 spiro atoms. The van der Waals surface area contributed by atoms with Gasteiger partial charge < -0.3 is 8.83 Å². The van der Waals surface area contributed by atoms with E-state index in [1.807, 2.05) is 0 Å². The summed E-state index contributed by atoms with van der Waals surface area (Å²) in [5.74, 6) is 0. The van der Waals surface area contributed by atoms with E-state index in [9.17, 15) is 32.9 Å². The van der Waals surface area contributed by atoms with Crippen molar-refractivity contribution >= 4 is 109 Å². The van der Waals surface area contributed by atoms with Crippen LogP contribution < -0.4 is 0 Å². The number of furan rings is 2. The quantitative estimate of drug-likeness (QED) is 0.161. The number of benzene rings is 17. The van der Waals surface area contributed by atoms with Crippen LogP contribution in [0.25, 0.3) is 186 Å². The van der Waals surface area contributed by atoms with Crippen LogP contribution in [0.1, 0.15) is 137 Å². The first-order valence-corrected chi connectivity index (χ1v) is 29.1. The van der Waals surface area contributed by atoms with Gasteiger partial charge in [0.15, 0.2) is 0 Å². The maximum Gasteiger partial charge on any atom is 0.136 e. The molecule has 2 heteroatoms. The van der Waals surface area contributed by atoms with Crippen LogP contribution in [0.3, 0.4) is 0 Å². The summed E-state index contributed by atoms with van der Waals surface area (Å²) < 4.78 is 594. The molecule has 0 radical (unpaired) electrons. The first-order valence-electron chi connectivity index (χ1n) is 61.1. The highest BCUT2D eigenvalue weighted by Crippen LogP contribution is 2.56. The third kappa shape index (κ3) is 8.28. The summed E-state index contributed by atoms with van der Waals surface area (Å²) in [5, 5.41) is -11.3. The summed E-state index contributed by atoms with van der Waals surface area (Å²) in [6, 6.07) is -54.3. The van der Waals surface area contributed by atoms with Gasteiger partial charge >= 0.3 is 0 Å². The fourth-order valence-electron chi connectivity index (χ4n) is 12.9. The molecule has 19 aromatic rings. The van der Waals surface area contributed by atoms with Crippen molar-refractivity contribution in [3.63, 3.8) is 0 Å². The monoisotopic (exact) mass is 1310 g/mol. The molecular weight excluding hydrogens is 1190 g/mol. The molecule has 2 aromatic heterocycles. The zero-order chi connectivity index (χ0) is 120. The molecule has 460 valence electrons. The largest absolute Gasteiger partial charge is 0.456 e. The average molecular weight is 1310 g/mol. The van der Waals surface area contributed by atoms with Crippen molar-refractivity contribution in [2.45, 2.75) is 38.2 Å². The molecule has 0 fully saturated rings. The maximum atomic E-state index is 9.89. The fraction of sp³-hybridized carbons (Fsp3) is 0.0625. The van der Waals surface area contributed by atoms with Gasteiger partial charge in [0.05, 0.1) is 71.3 Å². The minimum Gasteiger partial charge on any atom is -0.456 e. The standard InChI is InChI=1S/C51H34O.C45H30O/c1-51(2)45-21-10-9-14-37(45)42-20-11-19-36(50(42)51)31-22-24-32(25-23-31)48-38-15-5-7-17-40(38)49(41-18-8-6-16-39(41)48)35-26-27-46-43(29-35)44-28-33-12-3-4-13-34(33)30-47(44)52-46;1-45(2)39-21-10-9-14-30(39)35-19-11-20-36(44(35)45)43-33-17-7-5-15-31(33)42(32-16-6-8-18-34(32)43)29-22-23-40-37(25-29)38-24-27-12-3-4-13-28(27)26-41(38)46-40/h3-30H,1-2H3;3-26H,1-2H3/i1D3,2D3,3D,4D,5D,6D,7D,8D,9D,10D,11D,12D,13D,14D,15D,16D,17D,18D,19D,20D,21D,22D,23D,24D,25D,26D,27D,28D,29D,30D;1D3,2D3,3D,4D,5D,6D,7D,8D,9D,10D,11D,12D,13D,14D,15D,16D,17D,18D,19D,20D,21D,22D,23D,24D,25D,26D. The van der Waals surface area contributed by atoms with Gasteiger partial charge in [-0.15, -0.1) is 0 Å². The molecule has 0 atom stereocenters. The van der Waals surface area contributed by atoms with Crippen LogP contribution in [-0.4, -0.2) is 0 Å². The van der Waals surface area contributed by atoms with Crippen LogP contribution in [0.4, 0.5) is 0 Å². The number of hydrogen-bond acceptors (Lipinski definition) is 2. The molecule has 0 saturated heterocycles. The second kappa shape index (κ2) is 21.2. The highest BCUT2D eigenvalue weighted by Gasteiger charge is 2.39. The van der Waals surface area contributed by atoms with E-state index in [0.717, 1.165) is 0 Å².